The third kappa shape index (κ3) is 7.05. The van der Waals surface area contributed by atoms with Crippen molar-refractivity contribution in [3.63, 3.8) is 0 Å². The number of hydrogen-bond donors (Lipinski definition) is 2. The summed E-state index contributed by atoms with van der Waals surface area (Å²) in [5.74, 6) is 0.206. The first-order valence-corrected chi connectivity index (χ1v) is 10.8. The summed E-state index contributed by atoms with van der Waals surface area (Å²) < 4.78 is 10.5. The minimum atomic E-state index is -0.348. The molecule has 30 heavy (non-hydrogen) atoms. The quantitative estimate of drug-likeness (QED) is 0.522. The Morgan fingerprint density at radius 2 is 1.93 bits per heavy atom. The highest BCUT2D eigenvalue weighted by molar-refractivity contribution is 7.13. The van der Waals surface area contributed by atoms with Gasteiger partial charge >= 0.3 is 0 Å². The molecule has 2 heterocycles. The molecule has 1 aromatic heterocycles. The summed E-state index contributed by atoms with van der Waals surface area (Å²) in [6.45, 7) is 4.09. The average molecular weight is 434 g/mol. The summed E-state index contributed by atoms with van der Waals surface area (Å²) >= 11 is 1.13. The monoisotopic (exact) mass is 433 g/mol. The lowest BCUT2D eigenvalue weighted by atomic mass is 10.3. The summed E-state index contributed by atoms with van der Waals surface area (Å²) in [6.07, 6.45) is 3.49. The van der Waals surface area contributed by atoms with Crippen LogP contribution in [0.5, 0.6) is 5.75 Å². The SMILES string of the molecule is COc1ccc(NC(=O)c2nnc(COCC(=O)NCCCN3CCCC3)s2)cc1. The van der Waals surface area contributed by atoms with Crippen LogP contribution in [0.25, 0.3) is 0 Å². The molecule has 2 aromatic rings. The topological polar surface area (TPSA) is 106 Å². The molecule has 3 rings (SSSR count). The lowest BCUT2D eigenvalue weighted by molar-refractivity contribution is -0.126. The molecule has 9 nitrogen and oxygen atoms in total. The minimum absolute atomic E-state index is 0.0450. The number of ether oxygens (including phenoxy) is 2. The van der Waals surface area contributed by atoms with Crippen molar-refractivity contribution in [3.8, 4) is 5.75 Å². The van der Waals surface area contributed by atoms with E-state index in [1.807, 2.05) is 0 Å². The van der Waals surface area contributed by atoms with Crippen LogP contribution in [-0.4, -0.2) is 66.8 Å². The van der Waals surface area contributed by atoms with Gasteiger partial charge in [0, 0.05) is 12.2 Å². The number of nitrogens with zero attached hydrogens (tertiary/aromatic N) is 3. The van der Waals surface area contributed by atoms with Crippen LogP contribution < -0.4 is 15.4 Å². The summed E-state index contributed by atoms with van der Waals surface area (Å²) in [7, 11) is 1.58. The van der Waals surface area contributed by atoms with Gasteiger partial charge in [0.15, 0.2) is 0 Å². The fraction of sp³-hybridized carbons (Fsp3) is 0.500. The number of hydrogen-bond acceptors (Lipinski definition) is 8. The number of anilines is 1. The van der Waals surface area contributed by atoms with Crippen molar-refractivity contribution in [1.82, 2.24) is 20.4 Å². The molecule has 1 fully saturated rings. The fourth-order valence-corrected chi connectivity index (χ4v) is 3.75. The first kappa shape index (κ1) is 22.1. The second-order valence-corrected chi connectivity index (χ2v) is 7.99. The zero-order valence-corrected chi connectivity index (χ0v) is 17.9. The number of carbonyl (C=O) groups is 2. The zero-order valence-electron chi connectivity index (χ0n) is 17.1. The van der Waals surface area contributed by atoms with E-state index in [0.717, 1.165) is 24.3 Å². The van der Waals surface area contributed by atoms with Crippen molar-refractivity contribution in [2.24, 2.45) is 0 Å². The van der Waals surface area contributed by atoms with Gasteiger partial charge in [0.2, 0.25) is 10.9 Å². The van der Waals surface area contributed by atoms with Crippen molar-refractivity contribution < 1.29 is 19.1 Å². The van der Waals surface area contributed by atoms with E-state index in [-0.39, 0.29) is 30.0 Å². The second kappa shape index (κ2) is 11.6. The average Bonchev–Trinajstić information content (AvgIpc) is 3.44. The highest BCUT2D eigenvalue weighted by Crippen LogP contribution is 2.17. The molecule has 0 bridgehead atoms. The van der Waals surface area contributed by atoms with E-state index < -0.39 is 0 Å². The van der Waals surface area contributed by atoms with E-state index in [2.05, 4.69) is 25.7 Å². The molecule has 1 aliphatic rings. The van der Waals surface area contributed by atoms with Gasteiger partial charge in [-0.05, 0) is 63.2 Å². The first-order valence-electron chi connectivity index (χ1n) is 9.98. The van der Waals surface area contributed by atoms with Crippen LogP contribution in [0.2, 0.25) is 0 Å². The van der Waals surface area contributed by atoms with E-state index >= 15 is 0 Å². The van der Waals surface area contributed by atoms with Crippen molar-refractivity contribution in [1.29, 1.82) is 0 Å². The highest BCUT2D eigenvalue weighted by atomic mass is 32.1. The molecule has 162 valence electrons. The second-order valence-electron chi connectivity index (χ2n) is 6.93. The smallest absolute Gasteiger partial charge is 0.286 e. The standard InChI is InChI=1S/C20H27N5O4S/c1-28-16-7-5-15(6-8-16)22-19(27)20-24-23-18(30-20)14-29-13-17(26)21-9-4-12-25-10-2-3-11-25/h5-8H,2-4,9-14H2,1H3,(H,21,26)(H,22,27). The molecule has 1 aliphatic heterocycles. The lowest BCUT2D eigenvalue weighted by Gasteiger charge is -2.14. The van der Waals surface area contributed by atoms with Crippen LogP contribution in [0.15, 0.2) is 24.3 Å². The lowest BCUT2D eigenvalue weighted by Crippen LogP contribution is -2.31. The molecule has 0 radical (unpaired) electrons. The van der Waals surface area contributed by atoms with Crippen molar-refractivity contribution in [2.75, 3.05) is 45.2 Å². The number of aromatic nitrogens is 2. The minimum Gasteiger partial charge on any atom is -0.497 e. The number of benzene rings is 1. The molecule has 1 saturated heterocycles. The van der Waals surface area contributed by atoms with Gasteiger partial charge < -0.3 is 25.0 Å². The van der Waals surface area contributed by atoms with Gasteiger partial charge in [0.1, 0.15) is 24.0 Å². The Balaban J connectivity index is 1.32. The maximum Gasteiger partial charge on any atom is 0.286 e. The molecule has 10 heteroatoms. The van der Waals surface area contributed by atoms with Crippen LogP contribution in [0.1, 0.15) is 34.1 Å². The summed E-state index contributed by atoms with van der Waals surface area (Å²) in [5.41, 5.74) is 0.634. The number of nitrogens with one attached hydrogen (secondary N) is 2. The zero-order chi connectivity index (χ0) is 21.2. The molecule has 0 aliphatic carbocycles. The Hall–Kier alpha value is -2.56. The first-order chi connectivity index (χ1) is 14.6. The number of rotatable bonds is 11. The van der Waals surface area contributed by atoms with Crippen molar-refractivity contribution in [2.45, 2.75) is 25.9 Å². The summed E-state index contributed by atoms with van der Waals surface area (Å²) in [6, 6.07) is 7.00. The van der Waals surface area contributed by atoms with Gasteiger partial charge in [0.05, 0.1) is 7.11 Å². The van der Waals surface area contributed by atoms with Gasteiger partial charge in [-0.15, -0.1) is 10.2 Å². The summed E-state index contributed by atoms with van der Waals surface area (Å²) in [5, 5.41) is 14.2. The van der Waals surface area contributed by atoms with Crippen molar-refractivity contribution >= 4 is 28.8 Å². The maximum atomic E-state index is 12.3. The molecule has 0 unspecified atom stereocenters. The molecule has 1 aromatic carbocycles. The number of amides is 2. The largest absolute Gasteiger partial charge is 0.497 e. The Kier molecular flexibility index (Phi) is 8.54. The summed E-state index contributed by atoms with van der Waals surface area (Å²) in [4.78, 5) is 26.5. The molecular weight excluding hydrogens is 406 g/mol. The normalized spacial score (nSPS) is 13.9. The van der Waals surface area contributed by atoms with Gasteiger partial charge in [-0.25, -0.2) is 0 Å². The van der Waals surface area contributed by atoms with E-state index in [1.165, 1.54) is 25.9 Å². The van der Waals surface area contributed by atoms with Crippen molar-refractivity contribution in [3.05, 3.63) is 34.3 Å². The van der Waals surface area contributed by atoms with Gasteiger partial charge in [-0.2, -0.15) is 0 Å². The fourth-order valence-electron chi connectivity index (χ4n) is 3.08. The molecule has 0 spiro atoms. The predicted molar refractivity (Wildman–Crippen MR) is 114 cm³/mol. The van der Waals surface area contributed by atoms with Gasteiger partial charge in [0.25, 0.3) is 5.91 Å². The van der Waals surface area contributed by atoms with E-state index in [9.17, 15) is 9.59 Å². The predicted octanol–water partition coefficient (Wildman–Crippen LogP) is 1.92. The number of likely N-dealkylation sites (tertiary alicyclic amines) is 1. The van der Waals surface area contributed by atoms with E-state index in [4.69, 9.17) is 9.47 Å². The Morgan fingerprint density at radius 3 is 2.67 bits per heavy atom. The van der Waals surface area contributed by atoms with Crippen LogP contribution in [0.4, 0.5) is 5.69 Å². The van der Waals surface area contributed by atoms with Crippen LogP contribution in [0.3, 0.4) is 0 Å². The Bertz CT molecular complexity index is 821. The van der Waals surface area contributed by atoms with Gasteiger partial charge in [-0.1, -0.05) is 11.3 Å². The van der Waals surface area contributed by atoms with Crippen LogP contribution in [-0.2, 0) is 16.1 Å². The molecule has 2 amide bonds. The third-order valence-electron chi connectivity index (χ3n) is 4.64. The molecule has 0 atom stereocenters. The highest BCUT2D eigenvalue weighted by Gasteiger charge is 2.14. The maximum absolute atomic E-state index is 12.3. The Morgan fingerprint density at radius 1 is 1.17 bits per heavy atom. The van der Waals surface area contributed by atoms with Crippen LogP contribution >= 0.6 is 11.3 Å². The number of carbonyl (C=O) groups excluding carboxylic acids is 2. The van der Waals surface area contributed by atoms with E-state index in [1.54, 1.807) is 31.4 Å². The third-order valence-corrected chi connectivity index (χ3v) is 5.54. The molecular formula is C20H27N5O4S. The molecule has 2 N–H and O–H groups in total. The molecule has 0 saturated carbocycles. The van der Waals surface area contributed by atoms with E-state index in [0.29, 0.717) is 23.0 Å². The Labute approximate surface area is 179 Å². The van der Waals surface area contributed by atoms with Gasteiger partial charge in [-0.3, -0.25) is 9.59 Å². The van der Waals surface area contributed by atoms with Crippen LogP contribution in [0, 0.1) is 0 Å². The number of methoxy groups -OCH3 is 1.